The zero-order chi connectivity index (χ0) is 12.2. The van der Waals surface area contributed by atoms with Crippen molar-refractivity contribution in [3.8, 4) is 0 Å². The molecule has 1 unspecified atom stereocenters. The molecular weight excluding hydrogens is 236 g/mol. The normalized spacial score (nSPS) is 13.6. The Hall–Kier alpha value is -1.32. The Balaban J connectivity index is 2.55. The van der Waals surface area contributed by atoms with E-state index < -0.39 is 21.9 Å². The summed E-state index contributed by atoms with van der Waals surface area (Å²) in [6, 6.07) is -0.647. The standard InChI is InChI=1S/C7H12N4O4S/c8-6(5-12)3-7-4-11(10-9-7)1-2-16(13,14)15/h4-6H,1-3,8H2,(H,13,14,15). The number of nitrogens with zero attached hydrogens (tertiary/aromatic N) is 3. The third kappa shape index (κ3) is 4.47. The largest absolute Gasteiger partial charge is 0.321 e. The van der Waals surface area contributed by atoms with Gasteiger partial charge in [0.1, 0.15) is 6.29 Å². The van der Waals surface area contributed by atoms with Crippen LogP contribution in [0.1, 0.15) is 5.69 Å². The number of aldehydes is 1. The fourth-order valence-electron chi connectivity index (χ4n) is 1.04. The van der Waals surface area contributed by atoms with Crippen LogP contribution in [0.4, 0.5) is 0 Å². The van der Waals surface area contributed by atoms with E-state index in [2.05, 4.69) is 10.3 Å². The van der Waals surface area contributed by atoms with Crippen LogP contribution in [-0.2, 0) is 27.9 Å². The molecule has 3 N–H and O–H groups in total. The molecule has 0 spiro atoms. The molecule has 0 saturated carbocycles. The Morgan fingerprint density at radius 2 is 2.31 bits per heavy atom. The molecular formula is C7H12N4O4S. The van der Waals surface area contributed by atoms with Gasteiger partial charge in [-0.1, -0.05) is 5.21 Å². The van der Waals surface area contributed by atoms with Crippen molar-refractivity contribution in [2.45, 2.75) is 19.0 Å². The van der Waals surface area contributed by atoms with Crippen LogP contribution in [0.5, 0.6) is 0 Å². The van der Waals surface area contributed by atoms with Crippen molar-refractivity contribution in [2.24, 2.45) is 5.73 Å². The van der Waals surface area contributed by atoms with Gasteiger partial charge >= 0.3 is 0 Å². The smallest absolute Gasteiger partial charge is 0.266 e. The minimum atomic E-state index is -4.01. The van der Waals surface area contributed by atoms with E-state index in [4.69, 9.17) is 10.3 Å². The third-order valence-electron chi connectivity index (χ3n) is 1.78. The Morgan fingerprint density at radius 3 is 2.88 bits per heavy atom. The Kier molecular flexibility index (Phi) is 4.10. The van der Waals surface area contributed by atoms with Gasteiger partial charge in [0.25, 0.3) is 10.1 Å². The lowest BCUT2D eigenvalue weighted by Gasteiger charge is -1.98. The van der Waals surface area contributed by atoms with E-state index in [0.717, 1.165) is 0 Å². The number of hydrogen-bond donors (Lipinski definition) is 2. The van der Waals surface area contributed by atoms with Crippen LogP contribution in [0.15, 0.2) is 6.20 Å². The predicted octanol–water partition coefficient (Wildman–Crippen LogP) is -1.77. The molecule has 0 aliphatic heterocycles. The van der Waals surface area contributed by atoms with E-state index in [9.17, 15) is 13.2 Å². The fraction of sp³-hybridized carbons (Fsp3) is 0.571. The van der Waals surface area contributed by atoms with E-state index in [-0.39, 0.29) is 13.0 Å². The van der Waals surface area contributed by atoms with Crippen LogP contribution in [-0.4, -0.2) is 46.0 Å². The summed E-state index contributed by atoms with van der Waals surface area (Å²) in [5.41, 5.74) is 5.87. The van der Waals surface area contributed by atoms with Gasteiger partial charge in [0.2, 0.25) is 0 Å². The third-order valence-corrected chi connectivity index (χ3v) is 2.48. The number of hydrogen-bond acceptors (Lipinski definition) is 6. The molecule has 1 atom stereocenters. The zero-order valence-corrected chi connectivity index (χ0v) is 9.17. The lowest BCUT2D eigenvalue weighted by molar-refractivity contribution is -0.108. The summed E-state index contributed by atoms with van der Waals surface area (Å²) in [5, 5.41) is 7.33. The highest BCUT2D eigenvalue weighted by Crippen LogP contribution is 1.97. The average Bonchev–Trinajstić information content (AvgIpc) is 2.61. The van der Waals surface area contributed by atoms with Gasteiger partial charge in [-0.25, -0.2) is 0 Å². The van der Waals surface area contributed by atoms with Crippen LogP contribution in [0.3, 0.4) is 0 Å². The van der Waals surface area contributed by atoms with Crippen LogP contribution in [0.25, 0.3) is 0 Å². The van der Waals surface area contributed by atoms with Crippen molar-refractivity contribution in [1.29, 1.82) is 0 Å². The van der Waals surface area contributed by atoms with Crippen molar-refractivity contribution in [1.82, 2.24) is 15.0 Å². The Labute approximate surface area is 92.2 Å². The van der Waals surface area contributed by atoms with Crippen molar-refractivity contribution in [3.05, 3.63) is 11.9 Å². The molecule has 9 heteroatoms. The monoisotopic (exact) mass is 248 g/mol. The summed E-state index contributed by atoms with van der Waals surface area (Å²) in [6.45, 7) is 0.00214. The average molecular weight is 248 g/mol. The summed E-state index contributed by atoms with van der Waals surface area (Å²) in [4.78, 5) is 10.3. The molecule has 0 aromatic carbocycles. The van der Waals surface area contributed by atoms with Gasteiger partial charge < -0.3 is 10.5 Å². The van der Waals surface area contributed by atoms with Gasteiger partial charge in [-0.2, -0.15) is 8.42 Å². The van der Waals surface area contributed by atoms with Crippen LogP contribution in [0, 0.1) is 0 Å². The number of aryl methyl sites for hydroxylation is 1. The lowest BCUT2D eigenvalue weighted by atomic mass is 10.2. The molecule has 0 aliphatic carbocycles. The van der Waals surface area contributed by atoms with Gasteiger partial charge in [0.05, 0.1) is 24.0 Å². The molecule has 0 fully saturated rings. The quantitative estimate of drug-likeness (QED) is 0.450. The van der Waals surface area contributed by atoms with Gasteiger partial charge in [-0.3, -0.25) is 9.23 Å². The Bertz CT molecular complexity index is 455. The molecule has 1 aromatic rings. The second-order valence-electron chi connectivity index (χ2n) is 3.26. The van der Waals surface area contributed by atoms with Gasteiger partial charge in [-0.15, -0.1) is 5.10 Å². The summed E-state index contributed by atoms with van der Waals surface area (Å²) in [6.07, 6.45) is 2.32. The van der Waals surface area contributed by atoms with E-state index in [1.807, 2.05) is 0 Å². The molecule has 8 nitrogen and oxygen atoms in total. The van der Waals surface area contributed by atoms with Gasteiger partial charge in [0, 0.05) is 12.6 Å². The number of carbonyl (C=O) groups excluding carboxylic acids is 1. The number of carbonyl (C=O) groups is 1. The number of aromatic nitrogens is 3. The molecule has 1 rings (SSSR count). The zero-order valence-electron chi connectivity index (χ0n) is 8.35. The maximum Gasteiger partial charge on any atom is 0.266 e. The van der Waals surface area contributed by atoms with Crippen molar-refractivity contribution in [2.75, 3.05) is 5.75 Å². The van der Waals surface area contributed by atoms with Crippen molar-refractivity contribution >= 4 is 16.4 Å². The highest BCUT2D eigenvalue weighted by Gasteiger charge is 2.09. The maximum absolute atomic E-state index is 10.5. The van der Waals surface area contributed by atoms with E-state index >= 15 is 0 Å². The lowest BCUT2D eigenvalue weighted by Crippen LogP contribution is -2.24. The first kappa shape index (κ1) is 12.7. The molecule has 16 heavy (non-hydrogen) atoms. The van der Waals surface area contributed by atoms with Gasteiger partial charge in [0.15, 0.2) is 0 Å². The van der Waals surface area contributed by atoms with Crippen molar-refractivity contribution < 1.29 is 17.8 Å². The first-order valence-corrected chi connectivity index (χ1v) is 6.06. The molecule has 1 aromatic heterocycles. The molecule has 1 heterocycles. The molecule has 0 bridgehead atoms. The molecule has 0 amide bonds. The summed E-state index contributed by atoms with van der Waals surface area (Å²) >= 11 is 0. The van der Waals surface area contributed by atoms with E-state index in [1.54, 1.807) is 0 Å². The first-order chi connectivity index (χ1) is 7.40. The topological polar surface area (TPSA) is 128 Å². The predicted molar refractivity (Wildman–Crippen MR) is 54.2 cm³/mol. The highest BCUT2D eigenvalue weighted by molar-refractivity contribution is 7.85. The minimum absolute atomic E-state index is 0.00214. The van der Waals surface area contributed by atoms with Crippen molar-refractivity contribution in [3.63, 3.8) is 0 Å². The van der Waals surface area contributed by atoms with Crippen LogP contribution >= 0.6 is 0 Å². The first-order valence-electron chi connectivity index (χ1n) is 4.46. The highest BCUT2D eigenvalue weighted by atomic mass is 32.2. The summed E-state index contributed by atoms with van der Waals surface area (Å²) in [7, 11) is -4.01. The maximum atomic E-state index is 10.5. The number of rotatable bonds is 6. The summed E-state index contributed by atoms with van der Waals surface area (Å²) in [5.74, 6) is -0.435. The minimum Gasteiger partial charge on any atom is -0.321 e. The fourth-order valence-corrected chi connectivity index (χ4v) is 1.46. The second kappa shape index (κ2) is 5.14. The molecule has 0 aliphatic rings. The number of nitrogens with two attached hydrogens (primary N) is 1. The Morgan fingerprint density at radius 1 is 1.62 bits per heavy atom. The van der Waals surface area contributed by atoms with E-state index in [1.165, 1.54) is 10.9 Å². The summed E-state index contributed by atoms with van der Waals surface area (Å²) < 4.78 is 30.7. The van der Waals surface area contributed by atoms with E-state index in [0.29, 0.717) is 12.0 Å². The van der Waals surface area contributed by atoms with Crippen LogP contribution < -0.4 is 5.73 Å². The van der Waals surface area contributed by atoms with Gasteiger partial charge in [-0.05, 0) is 0 Å². The molecule has 0 radical (unpaired) electrons. The second-order valence-corrected chi connectivity index (χ2v) is 4.84. The molecule has 90 valence electrons. The SMILES string of the molecule is NC(C=O)Cc1cn(CCS(=O)(=O)O)nn1. The van der Waals surface area contributed by atoms with Crippen LogP contribution in [0.2, 0.25) is 0 Å². The molecule has 0 saturated heterocycles.